The summed E-state index contributed by atoms with van der Waals surface area (Å²) in [5.74, 6) is -0.889. The Kier molecular flexibility index (Phi) is 4.29. The minimum absolute atomic E-state index is 0.0457. The van der Waals surface area contributed by atoms with E-state index in [2.05, 4.69) is 21.2 Å². The van der Waals surface area contributed by atoms with Crippen LogP contribution in [0.15, 0.2) is 16.6 Å². The summed E-state index contributed by atoms with van der Waals surface area (Å²) in [4.78, 5) is 0. The smallest absolute Gasteiger partial charge is 0.149 e. The monoisotopic (exact) mass is 337 g/mol. The summed E-state index contributed by atoms with van der Waals surface area (Å²) in [6, 6.07) is 3.06. The quantitative estimate of drug-likeness (QED) is 0.787. The van der Waals surface area contributed by atoms with Gasteiger partial charge in [-0.15, -0.1) is 0 Å². The zero-order valence-electron chi connectivity index (χ0n) is 10.1. The molecular weight excluding hydrogens is 324 g/mol. The van der Waals surface area contributed by atoms with Gasteiger partial charge in [-0.1, -0.05) is 17.7 Å². The molecule has 18 heavy (non-hydrogen) atoms. The van der Waals surface area contributed by atoms with Gasteiger partial charge in [0.1, 0.15) is 11.5 Å². The van der Waals surface area contributed by atoms with Gasteiger partial charge in [-0.2, -0.15) is 0 Å². The highest BCUT2D eigenvalue weighted by molar-refractivity contribution is 9.10. The molecule has 1 heterocycles. The number of benzene rings is 1. The molecule has 0 radical (unpaired) electrons. The van der Waals surface area contributed by atoms with E-state index in [0.717, 1.165) is 19.4 Å². The molecule has 0 spiro atoms. The fourth-order valence-electron chi connectivity index (χ4n) is 2.44. The number of rotatable bonds is 2. The van der Waals surface area contributed by atoms with Crippen LogP contribution in [-0.2, 0) is 5.67 Å². The van der Waals surface area contributed by atoms with Crippen LogP contribution in [-0.4, -0.2) is 13.1 Å². The van der Waals surface area contributed by atoms with E-state index in [1.165, 1.54) is 13.0 Å². The molecule has 1 aromatic carbocycles. The molecule has 5 heteroatoms. The Labute approximate surface area is 119 Å². The predicted molar refractivity (Wildman–Crippen MR) is 73.2 cm³/mol. The second kappa shape index (κ2) is 5.43. The van der Waals surface area contributed by atoms with E-state index in [1.54, 1.807) is 6.07 Å². The summed E-state index contributed by atoms with van der Waals surface area (Å²) >= 11 is 8.96. The van der Waals surface area contributed by atoms with Crippen molar-refractivity contribution in [2.24, 2.45) is 5.92 Å². The topological polar surface area (TPSA) is 12.0 Å². The van der Waals surface area contributed by atoms with Crippen LogP contribution in [0.1, 0.15) is 25.3 Å². The highest BCUT2D eigenvalue weighted by Gasteiger charge is 2.39. The van der Waals surface area contributed by atoms with Gasteiger partial charge >= 0.3 is 0 Å². The second-order valence-electron chi connectivity index (χ2n) is 4.84. The summed E-state index contributed by atoms with van der Waals surface area (Å²) in [5.41, 5.74) is -1.66. The van der Waals surface area contributed by atoms with Crippen molar-refractivity contribution >= 4 is 27.5 Å². The van der Waals surface area contributed by atoms with Gasteiger partial charge < -0.3 is 5.32 Å². The molecule has 100 valence electrons. The summed E-state index contributed by atoms with van der Waals surface area (Å²) in [6.45, 7) is 2.91. The summed E-state index contributed by atoms with van der Waals surface area (Å²) in [5, 5.41) is 3.10. The Morgan fingerprint density at radius 2 is 2.22 bits per heavy atom. The maximum atomic E-state index is 14.9. The summed E-state index contributed by atoms with van der Waals surface area (Å²) in [6.07, 6.45) is 1.67. The Balaban J connectivity index is 2.37. The van der Waals surface area contributed by atoms with Gasteiger partial charge in [0.2, 0.25) is 0 Å². The van der Waals surface area contributed by atoms with Crippen LogP contribution in [0.25, 0.3) is 0 Å². The molecule has 0 bridgehead atoms. The first-order valence-corrected chi connectivity index (χ1v) is 7.15. The lowest BCUT2D eigenvalue weighted by Crippen LogP contribution is -2.40. The molecule has 1 N–H and O–H groups in total. The molecule has 1 aromatic rings. The van der Waals surface area contributed by atoms with Gasteiger partial charge in [-0.25, -0.2) is 8.78 Å². The third kappa shape index (κ3) is 2.56. The van der Waals surface area contributed by atoms with Crippen molar-refractivity contribution in [3.63, 3.8) is 0 Å². The maximum absolute atomic E-state index is 14.9. The van der Waals surface area contributed by atoms with E-state index in [0.29, 0.717) is 11.0 Å². The van der Waals surface area contributed by atoms with Gasteiger partial charge in [0.05, 0.1) is 5.02 Å². The van der Waals surface area contributed by atoms with Gasteiger partial charge in [-0.05, 0) is 48.3 Å². The molecule has 0 saturated carbocycles. The van der Waals surface area contributed by atoms with Crippen LogP contribution < -0.4 is 5.32 Å². The molecule has 2 unspecified atom stereocenters. The molecule has 0 aliphatic carbocycles. The molecule has 2 rings (SSSR count). The first-order valence-electron chi connectivity index (χ1n) is 5.98. The Hall–Kier alpha value is -0.190. The lowest BCUT2D eigenvalue weighted by molar-refractivity contribution is 0.0772. The molecule has 1 fully saturated rings. The standard InChI is InChI=1S/C13H15BrClF2N/c1-13(17,8-3-2-6-18-7-8)9-4-5-10(14)11(15)12(9)16/h4-5,8,18H,2-3,6-7H2,1H3. The molecule has 0 aromatic heterocycles. The molecule has 1 aliphatic heterocycles. The van der Waals surface area contributed by atoms with Gasteiger partial charge in [0.25, 0.3) is 0 Å². The van der Waals surface area contributed by atoms with Crippen molar-refractivity contribution in [2.45, 2.75) is 25.4 Å². The number of hydrogen-bond acceptors (Lipinski definition) is 1. The van der Waals surface area contributed by atoms with Crippen LogP contribution >= 0.6 is 27.5 Å². The minimum Gasteiger partial charge on any atom is -0.316 e. The van der Waals surface area contributed by atoms with Crippen LogP contribution in [0.2, 0.25) is 5.02 Å². The van der Waals surface area contributed by atoms with E-state index in [-0.39, 0.29) is 16.5 Å². The largest absolute Gasteiger partial charge is 0.316 e. The van der Waals surface area contributed by atoms with Crippen molar-refractivity contribution in [1.29, 1.82) is 0 Å². The number of nitrogens with one attached hydrogen (secondary N) is 1. The zero-order chi connectivity index (χ0) is 13.3. The van der Waals surface area contributed by atoms with E-state index in [1.807, 2.05) is 0 Å². The van der Waals surface area contributed by atoms with E-state index in [4.69, 9.17) is 11.6 Å². The number of alkyl halides is 1. The zero-order valence-corrected chi connectivity index (χ0v) is 12.4. The first kappa shape index (κ1) is 14.2. The second-order valence-corrected chi connectivity index (χ2v) is 6.07. The number of piperidine rings is 1. The van der Waals surface area contributed by atoms with E-state index in [9.17, 15) is 8.78 Å². The Bertz CT molecular complexity index is 445. The van der Waals surface area contributed by atoms with Crippen molar-refractivity contribution in [3.05, 3.63) is 33.0 Å². The SMILES string of the molecule is CC(F)(c1ccc(Br)c(Cl)c1F)C1CCCNC1. The van der Waals surface area contributed by atoms with Gasteiger partial charge in [0, 0.05) is 22.5 Å². The summed E-state index contributed by atoms with van der Waals surface area (Å²) in [7, 11) is 0. The van der Waals surface area contributed by atoms with Gasteiger partial charge in [0.15, 0.2) is 0 Å². The van der Waals surface area contributed by atoms with Crippen molar-refractivity contribution in [2.75, 3.05) is 13.1 Å². The van der Waals surface area contributed by atoms with Crippen LogP contribution in [0.3, 0.4) is 0 Å². The van der Waals surface area contributed by atoms with E-state index < -0.39 is 11.5 Å². The molecule has 0 amide bonds. The summed E-state index contributed by atoms with van der Waals surface area (Å²) < 4.78 is 29.5. The highest BCUT2D eigenvalue weighted by atomic mass is 79.9. The lowest BCUT2D eigenvalue weighted by atomic mass is 9.80. The Morgan fingerprint density at radius 3 is 2.83 bits per heavy atom. The fraction of sp³-hybridized carbons (Fsp3) is 0.538. The third-order valence-corrected chi connectivity index (χ3v) is 4.88. The van der Waals surface area contributed by atoms with E-state index >= 15 is 0 Å². The molecule has 1 aliphatic rings. The van der Waals surface area contributed by atoms with Crippen molar-refractivity contribution in [3.8, 4) is 0 Å². The average molecular weight is 339 g/mol. The third-order valence-electron chi connectivity index (χ3n) is 3.63. The van der Waals surface area contributed by atoms with Crippen molar-refractivity contribution in [1.82, 2.24) is 5.32 Å². The van der Waals surface area contributed by atoms with Gasteiger partial charge in [-0.3, -0.25) is 0 Å². The molecule has 1 nitrogen and oxygen atoms in total. The molecule has 1 saturated heterocycles. The minimum atomic E-state index is -1.71. The molecule has 2 atom stereocenters. The maximum Gasteiger partial charge on any atom is 0.149 e. The predicted octanol–water partition coefficient (Wildman–Crippen LogP) is 4.43. The highest BCUT2D eigenvalue weighted by Crippen LogP contribution is 2.41. The fourth-order valence-corrected chi connectivity index (χ4v) is 2.91. The lowest BCUT2D eigenvalue weighted by Gasteiger charge is -2.34. The normalized spacial score (nSPS) is 23.7. The Morgan fingerprint density at radius 1 is 1.50 bits per heavy atom. The number of halogens is 4. The number of hydrogen-bond donors (Lipinski definition) is 1. The van der Waals surface area contributed by atoms with Crippen LogP contribution in [0.4, 0.5) is 8.78 Å². The first-order chi connectivity index (χ1) is 8.44. The molecular formula is C13H15BrClF2N. The van der Waals surface area contributed by atoms with Crippen LogP contribution in [0, 0.1) is 11.7 Å². The van der Waals surface area contributed by atoms with Crippen LogP contribution in [0.5, 0.6) is 0 Å². The average Bonchev–Trinajstić information content (AvgIpc) is 2.37. The van der Waals surface area contributed by atoms with Crippen molar-refractivity contribution < 1.29 is 8.78 Å².